The highest BCUT2D eigenvalue weighted by Crippen LogP contribution is 2.42. The number of carbonyl (C=O) groups excluding carboxylic acids is 1. The minimum Gasteiger partial charge on any atom is -0.360 e. The molecule has 1 aliphatic carbocycles. The molecule has 2 aliphatic heterocycles. The number of rotatable bonds is 4. The van der Waals surface area contributed by atoms with Crippen LogP contribution in [0.5, 0.6) is 0 Å². The third kappa shape index (κ3) is 2.73. The summed E-state index contributed by atoms with van der Waals surface area (Å²) in [4.78, 5) is 13.6. The fourth-order valence-corrected chi connectivity index (χ4v) is 7.49. The van der Waals surface area contributed by atoms with E-state index in [1.165, 1.54) is 4.31 Å². The Morgan fingerprint density at radius 1 is 1.27 bits per heavy atom. The first-order valence-electron chi connectivity index (χ1n) is 8.88. The van der Waals surface area contributed by atoms with Gasteiger partial charge < -0.3 is 9.42 Å². The van der Waals surface area contributed by atoms with Gasteiger partial charge in [-0.2, -0.15) is 4.31 Å². The maximum absolute atomic E-state index is 13.0. The number of nitrogens with zero attached hydrogens (tertiary/aromatic N) is 3. The predicted molar refractivity (Wildman–Crippen MR) is 94.1 cm³/mol. The lowest BCUT2D eigenvalue weighted by molar-refractivity contribution is -0.131. The van der Waals surface area contributed by atoms with Crippen molar-refractivity contribution in [2.45, 2.75) is 49.3 Å². The van der Waals surface area contributed by atoms with E-state index in [0.717, 1.165) is 12.8 Å². The van der Waals surface area contributed by atoms with E-state index in [4.69, 9.17) is 4.52 Å². The number of hydrogen-bond acceptors (Lipinski definition) is 6. The van der Waals surface area contributed by atoms with Crippen molar-refractivity contribution in [1.29, 1.82) is 0 Å². The molecule has 0 radical (unpaired) electrons. The van der Waals surface area contributed by atoms with E-state index in [1.54, 1.807) is 18.7 Å². The van der Waals surface area contributed by atoms with E-state index in [1.807, 2.05) is 0 Å². The van der Waals surface area contributed by atoms with E-state index in [0.29, 0.717) is 31.0 Å². The molecule has 1 spiro atoms. The molecule has 1 atom stereocenters. The van der Waals surface area contributed by atoms with Crippen LogP contribution in [0.3, 0.4) is 0 Å². The first-order chi connectivity index (χ1) is 12.3. The number of aromatic nitrogens is 1. The Morgan fingerprint density at radius 3 is 2.46 bits per heavy atom. The summed E-state index contributed by atoms with van der Waals surface area (Å²) in [5.41, 5.74) is 0.345. The van der Waals surface area contributed by atoms with E-state index >= 15 is 0 Å². The van der Waals surface area contributed by atoms with Crippen molar-refractivity contribution in [3.63, 3.8) is 0 Å². The Balaban J connectivity index is 1.56. The Morgan fingerprint density at radius 2 is 1.92 bits per heavy atom. The van der Waals surface area contributed by atoms with Crippen LogP contribution in [0.25, 0.3) is 0 Å². The van der Waals surface area contributed by atoms with E-state index in [2.05, 4.69) is 5.16 Å². The van der Waals surface area contributed by atoms with Crippen LogP contribution in [0, 0.1) is 19.8 Å². The van der Waals surface area contributed by atoms with Crippen molar-refractivity contribution in [1.82, 2.24) is 14.4 Å². The van der Waals surface area contributed by atoms with Gasteiger partial charge in [-0.1, -0.05) is 5.16 Å². The van der Waals surface area contributed by atoms with Gasteiger partial charge in [-0.25, -0.2) is 8.42 Å². The Hall–Kier alpha value is -1.26. The Kier molecular flexibility index (Phi) is 4.27. The lowest BCUT2D eigenvalue weighted by atomic mass is 10.0. The molecule has 8 nitrogen and oxygen atoms in total. The molecule has 1 aromatic rings. The second-order valence-electron chi connectivity index (χ2n) is 7.44. The third-order valence-electron chi connectivity index (χ3n) is 5.68. The molecule has 3 fully saturated rings. The number of sulfonamides is 1. The van der Waals surface area contributed by atoms with Gasteiger partial charge in [0.2, 0.25) is 15.9 Å². The molecular formula is C16H23N3O5S2. The van der Waals surface area contributed by atoms with Gasteiger partial charge in [0.1, 0.15) is 21.2 Å². The minimum absolute atomic E-state index is 0.0581. The number of hydrogen-bond donors (Lipinski definition) is 0. The van der Waals surface area contributed by atoms with Gasteiger partial charge in [0, 0.05) is 19.6 Å². The summed E-state index contributed by atoms with van der Waals surface area (Å²) in [6.45, 7) is 4.33. The SMILES string of the molecule is Cc1noc(C)c1S(=O)(=O)N1CCC2(CC1)N(CC1CC1)C(=O)CS2=O. The fourth-order valence-electron chi connectivity index (χ4n) is 4.05. The maximum Gasteiger partial charge on any atom is 0.248 e. The second-order valence-corrected chi connectivity index (χ2v) is 11.1. The summed E-state index contributed by atoms with van der Waals surface area (Å²) >= 11 is 0. The molecule has 1 saturated carbocycles. The number of amides is 1. The Labute approximate surface area is 155 Å². The van der Waals surface area contributed by atoms with Gasteiger partial charge in [-0.15, -0.1) is 0 Å². The highest BCUT2D eigenvalue weighted by molar-refractivity contribution is 7.89. The first-order valence-corrected chi connectivity index (χ1v) is 11.6. The molecule has 3 heterocycles. The highest BCUT2D eigenvalue weighted by atomic mass is 32.2. The van der Waals surface area contributed by atoms with Crippen molar-refractivity contribution < 1.29 is 21.9 Å². The van der Waals surface area contributed by atoms with Gasteiger partial charge in [0.15, 0.2) is 5.76 Å². The zero-order valence-corrected chi connectivity index (χ0v) is 16.6. The van der Waals surface area contributed by atoms with E-state index in [-0.39, 0.29) is 35.4 Å². The van der Waals surface area contributed by atoms with Gasteiger partial charge in [0.25, 0.3) is 0 Å². The van der Waals surface area contributed by atoms with Crippen molar-refractivity contribution in [2.24, 2.45) is 5.92 Å². The van der Waals surface area contributed by atoms with E-state index < -0.39 is 25.7 Å². The molecule has 3 aliphatic rings. The zero-order valence-electron chi connectivity index (χ0n) is 14.9. The number of piperidine rings is 1. The average molecular weight is 402 g/mol. The van der Waals surface area contributed by atoms with Crippen molar-refractivity contribution in [3.8, 4) is 0 Å². The molecule has 1 unspecified atom stereocenters. The summed E-state index contributed by atoms with van der Waals surface area (Å²) in [5.74, 6) is 0.786. The molecule has 1 aromatic heterocycles. The molecule has 2 saturated heterocycles. The van der Waals surface area contributed by atoms with Gasteiger partial charge in [-0.3, -0.25) is 9.00 Å². The fraction of sp³-hybridized carbons (Fsp3) is 0.750. The quantitative estimate of drug-likeness (QED) is 0.739. The molecule has 0 N–H and O–H groups in total. The molecule has 0 aromatic carbocycles. The summed E-state index contributed by atoms with van der Waals surface area (Å²) < 4.78 is 45.1. The van der Waals surface area contributed by atoms with Crippen LogP contribution in [-0.4, -0.2) is 63.2 Å². The van der Waals surface area contributed by atoms with E-state index in [9.17, 15) is 17.4 Å². The minimum atomic E-state index is -3.71. The largest absolute Gasteiger partial charge is 0.360 e. The van der Waals surface area contributed by atoms with Crippen LogP contribution < -0.4 is 0 Å². The van der Waals surface area contributed by atoms with Crippen LogP contribution in [0.15, 0.2) is 9.42 Å². The van der Waals surface area contributed by atoms with Gasteiger partial charge >= 0.3 is 0 Å². The summed E-state index contributed by atoms with van der Waals surface area (Å²) in [6, 6.07) is 0. The maximum atomic E-state index is 13.0. The van der Waals surface area contributed by atoms with Crippen LogP contribution >= 0.6 is 0 Å². The van der Waals surface area contributed by atoms with Crippen molar-refractivity contribution in [3.05, 3.63) is 11.5 Å². The molecule has 1 amide bonds. The molecule has 4 rings (SSSR count). The average Bonchev–Trinajstić information content (AvgIpc) is 3.31. The van der Waals surface area contributed by atoms with Crippen LogP contribution in [-0.2, 0) is 25.6 Å². The van der Waals surface area contributed by atoms with Crippen LogP contribution in [0.4, 0.5) is 0 Å². The molecule has 0 bridgehead atoms. The third-order valence-corrected chi connectivity index (χ3v) is 9.81. The summed E-state index contributed by atoms with van der Waals surface area (Å²) in [6.07, 6.45) is 3.03. The second kappa shape index (κ2) is 6.13. The molecular weight excluding hydrogens is 378 g/mol. The number of aryl methyl sites for hydroxylation is 2. The Bertz CT molecular complexity index is 847. The smallest absolute Gasteiger partial charge is 0.248 e. The van der Waals surface area contributed by atoms with Gasteiger partial charge in [0.05, 0.1) is 10.8 Å². The molecule has 144 valence electrons. The zero-order chi connectivity index (χ0) is 18.7. The van der Waals surface area contributed by atoms with Crippen LogP contribution in [0.2, 0.25) is 0 Å². The van der Waals surface area contributed by atoms with Gasteiger partial charge in [-0.05, 0) is 45.4 Å². The summed E-state index contributed by atoms with van der Waals surface area (Å²) in [5, 5.41) is 3.74. The first kappa shape index (κ1) is 18.1. The normalized spacial score (nSPS) is 26.8. The van der Waals surface area contributed by atoms with Crippen LogP contribution in [0.1, 0.15) is 37.1 Å². The lowest BCUT2D eigenvalue weighted by Gasteiger charge is -2.43. The summed E-state index contributed by atoms with van der Waals surface area (Å²) in [7, 11) is -4.99. The topological polar surface area (TPSA) is 101 Å². The molecule has 10 heteroatoms. The molecule has 26 heavy (non-hydrogen) atoms. The standard InChI is InChI=1S/C16H23N3O5S2/c1-11-15(12(2)24-17-11)26(22,23)18-7-5-16(6-8-18)19(9-13-3-4-13)14(20)10-25(16)21/h13H,3-10H2,1-2H3. The lowest BCUT2D eigenvalue weighted by Crippen LogP contribution is -2.56. The number of carbonyl (C=O) groups is 1. The monoisotopic (exact) mass is 401 g/mol. The predicted octanol–water partition coefficient (Wildman–Crippen LogP) is 0.773. The van der Waals surface area contributed by atoms with Crippen molar-refractivity contribution in [2.75, 3.05) is 25.4 Å². The van der Waals surface area contributed by atoms with Crippen molar-refractivity contribution >= 4 is 26.7 Å². The highest BCUT2D eigenvalue weighted by Gasteiger charge is 2.54.